The van der Waals surface area contributed by atoms with Crippen molar-refractivity contribution in [2.75, 3.05) is 11.9 Å². The molecule has 7 heteroatoms. The molecule has 2 aromatic carbocycles. The van der Waals surface area contributed by atoms with Crippen molar-refractivity contribution < 1.29 is 19.4 Å². The number of hydrogen-bond donors (Lipinski definition) is 2. The molecule has 0 bridgehead atoms. The minimum absolute atomic E-state index is 0.237. The van der Waals surface area contributed by atoms with Crippen LogP contribution in [0.4, 0.5) is 5.69 Å². The van der Waals surface area contributed by atoms with Crippen LogP contribution in [0.25, 0.3) is 0 Å². The Balaban J connectivity index is 1.75. The van der Waals surface area contributed by atoms with Gasteiger partial charge in [0.1, 0.15) is 5.82 Å². The number of aromatic carboxylic acids is 1. The molecule has 0 fully saturated rings. The highest BCUT2D eigenvalue weighted by atomic mass is 16.5. The number of hydrogen-bond acceptors (Lipinski definition) is 5. The fourth-order valence-corrected chi connectivity index (χ4v) is 3.65. The Labute approximate surface area is 200 Å². The number of aryl methyl sites for hydroxylation is 1. The summed E-state index contributed by atoms with van der Waals surface area (Å²) >= 11 is 0. The fraction of sp³-hybridized carbons (Fsp3) is 0.370. The number of ether oxygens (including phenoxy) is 1. The third-order valence-corrected chi connectivity index (χ3v) is 5.65. The zero-order valence-corrected chi connectivity index (χ0v) is 19.9. The van der Waals surface area contributed by atoms with Crippen molar-refractivity contribution in [2.24, 2.45) is 0 Å². The molecule has 3 aromatic rings. The van der Waals surface area contributed by atoms with Crippen LogP contribution >= 0.6 is 0 Å². The minimum atomic E-state index is -0.964. The molecule has 0 aliphatic carbocycles. The molecule has 0 spiro atoms. The first-order valence-electron chi connectivity index (χ1n) is 11.9. The lowest BCUT2D eigenvalue weighted by Gasteiger charge is -2.15. The monoisotopic (exact) mass is 463 g/mol. The Kier molecular flexibility index (Phi) is 9.26. The number of nitrogens with zero attached hydrogens (tertiary/aromatic N) is 2. The summed E-state index contributed by atoms with van der Waals surface area (Å²) in [5.74, 6) is -0.268. The maximum absolute atomic E-state index is 12.2. The van der Waals surface area contributed by atoms with E-state index in [1.54, 1.807) is 30.3 Å². The number of carboxylic acid groups (broad SMARTS) is 1. The van der Waals surface area contributed by atoms with E-state index in [-0.39, 0.29) is 11.5 Å². The van der Waals surface area contributed by atoms with E-state index in [4.69, 9.17) is 4.74 Å². The summed E-state index contributed by atoms with van der Waals surface area (Å²) in [7, 11) is 0. The van der Waals surface area contributed by atoms with Gasteiger partial charge in [0, 0.05) is 18.7 Å². The Morgan fingerprint density at radius 2 is 1.76 bits per heavy atom. The Morgan fingerprint density at radius 1 is 1.03 bits per heavy atom. The number of carboxylic acids is 1. The molecule has 1 aromatic heterocycles. The zero-order chi connectivity index (χ0) is 24.3. The van der Waals surface area contributed by atoms with Crippen molar-refractivity contribution in [1.82, 2.24) is 9.55 Å². The lowest BCUT2D eigenvalue weighted by Crippen LogP contribution is -2.13. The van der Waals surface area contributed by atoms with Gasteiger partial charge >= 0.3 is 11.9 Å². The van der Waals surface area contributed by atoms with Crippen molar-refractivity contribution in [1.29, 1.82) is 0 Å². The van der Waals surface area contributed by atoms with Crippen LogP contribution in [0.1, 0.15) is 77.3 Å². The number of aromatic nitrogens is 2. The summed E-state index contributed by atoms with van der Waals surface area (Å²) in [6.45, 7) is 5.71. The summed E-state index contributed by atoms with van der Waals surface area (Å²) in [5, 5.41) is 12.7. The lowest BCUT2D eigenvalue weighted by atomic mass is 10.1. The second-order valence-corrected chi connectivity index (χ2v) is 8.25. The molecule has 0 aliphatic rings. The molecule has 0 atom stereocenters. The molecule has 0 unspecified atom stereocenters. The highest BCUT2D eigenvalue weighted by molar-refractivity contribution is 5.94. The van der Waals surface area contributed by atoms with E-state index in [9.17, 15) is 14.7 Å². The van der Waals surface area contributed by atoms with Gasteiger partial charge < -0.3 is 19.7 Å². The number of para-hydroxylation sites is 1. The summed E-state index contributed by atoms with van der Waals surface area (Å²) in [6.07, 6.45) is 6.66. The average Bonchev–Trinajstić information content (AvgIpc) is 3.23. The van der Waals surface area contributed by atoms with Crippen LogP contribution in [0.15, 0.2) is 54.7 Å². The van der Waals surface area contributed by atoms with Crippen molar-refractivity contribution in [3.8, 4) is 0 Å². The number of imidazole rings is 1. The summed E-state index contributed by atoms with van der Waals surface area (Å²) < 4.78 is 7.46. The number of unbranched alkanes of at least 4 members (excludes halogenated alkanes) is 2. The number of carbonyl (C=O) groups is 2. The van der Waals surface area contributed by atoms with E-state index in [2.05, 4.69) is 28.7 Å². The average molecular weight is 464 g/mol. The quantitative estimate of drug-likeness (QED) is 0.255. The smallest absolute Gasteiger partial charge is 0.338 e. The van der Waals surface area contributed by atoms with Crippen molar-refractivity contribution in [3.05, 3.63) is 82.9 Å². The summed E-state index contributed by atoms with van der Waals surface area (Å²) in [6, 6.07) is 14.4. The third kappa shape index (κ3) is 6.70. The molecule has 180 valence electrons. The maximum Gasteiger partial charge on any atom is 0.338 e. The van der Waals surface area contributed by atoms with Crippen molar-refractivity contribution >= 4 is 17.6 Å². The first-order valence-corrected chi connectivity index (χ1v) is 11.9. The van der Waals surface area contributed by atoms with Gasteiger partial charge in [-0.2, -0.15) is 0 Å². The molecule has 0 amide bonds. The topological polar surface area (TPSA) is 93.5 Å². The second kappa shape index (κ2) is 12.6. The first-order chi connectivity index (χ1) is 16.5. The minimum Gasteiger partial charge on any atom is -0.478 e. The molecule has 0 radical (unpaired) electrons. The number of nitrogens with one attached hydrogen (secondary N) is 1. The van der Waals surface area contributed by atoms with Crippen LogP contribution in [0.5, 0.6) is 0 Å². The summed E-state index contributed by atoms with van der Waals surface area (Å²) in [4.78, 5) is 28.3. The van der Waals surface area contributed by atoms with Crippen LogP contribution in [0, 0.1) is 0 Å². The maximum atomic E-state index is 12.2. The van der Waals surface area contributed by atoms with Gasteiger partial charge in [-0.15, -0.1) is 0 Å². The van der Waals surface area contributed by atoms with Gasteiger partial charge in [0.25, 0.3) is 0 Å². The molecular formula is C27H33N3O4. The highest BCUT2D eigenvalue weighted by Gasteiger charge is 2.14. The van der Waals surface area contributed by atoms with Gasteiger partial charge in [0.05, 0.1) is 36.2 Å². The number of esters is 1. The van der Waals surface area contributed by atoms with E-state index in [1.165, 1.54) is 0 Å². The van der Waals surface area contributed by atoms with Crippen LogP contribution in [0.2, 0.25) is 0 Å². The number of benzene rings is 2. The zero-order valence-electron chi connectivity index (χ0n) is 19.9. The number of rotatable bonds is 13. The Morgan fingerprint density at radius 3 is 2.47 bits per heavy atom. The van der Waals surface area contributed by atoms with Crippen LogP contribution in [-0.2, 0) is 24.2 Å². The van der Waals surface area contributed by atoms with Gasteiger partial charge in [0.15, 0.2) is 0 Å². The normalized spacial score (nSPS) is 10.8. The van der Waals surface area contributed by atoms with Crippen molar-refractivity contribution in [3.63, 3.8) is 0 Å². The van der Waals surface area contributed by atoms with Gasteiger partial charge in [-0.3, -0.25) is 0 Å². The molecule has 0 saturated heterocycles. The fourth-order valence-electron chi connectivity index (χ4n) is 3.65. The van der Waals surface area contributed by atoms with Gasteiger partial charge in [0.2, 0.25) is 0 Å². The van der Waals surface area contributed by atoms with Gasteiger partial charge in [-0.1, -0.05) is 51.0 Å². The Hall–Kier alpha value is -3.61. The predicted molar refractivity (Wildman–Crippen MR) is 132 cm³/mol. The number of anilines is 1. The standard InChI is InChI=1S/C27H33N3O4/c1-3-5-11-25-29-18-22(17-28-24-10-8-7-9-23(24)26(31)32)30(25)19-20-12-14-21(15-13-20)27(33)34-16-6-4-2/h7-10,12-15,18,28H,3-6,11,16-17,19H2,1-2H3,(H,31,32). The largest absolute Gasteiger partial charge is 0.478 e. The lowest BCUT2D eigenvalue weighted by molar-refractivity contribution is 0.0499. The molecule has 1 heterocycles. The van der Waals surface area contributed by atoms with E-state index < -0.39 is 5.97 Å². The molecular weight excluding hydrogens is 430 g/mol. The highest BCUT2D eigenvalue weighted by Crippen LogP contribution is 2.19. The van der Waals surface area contributed by atoms with E-state index in [0.29, 0.717) is 30.9 Å². The van der Waals surface area contributed by atoms with E-state index in [0.717, 1.165) is 49.2 Å². The molecule has 34 heavy (non-hydrogen) atoms. The molecule has 0 aliphatic heterocycles. The third-order valence-electron chi connectivity index (χ3n) is 5.65. The molecule has 2 N–H and O–H groups in total. The Bertz CT molecular complexity index is 1090. The van der Waals surface area contributed by atoms with Gasteiger partial charge in [-0.25, -0.2) is 14.6 Å². The van der Waals surface area contributed by atoms with Crippen LogP contribution in [-0.4, -0.2) is 33.2 Å². The second-order valence-electron chi connectivity index (χ2n) is 8.25. The van der Waals surface area contributed by atoms with Crippen LogP contribution in [0.3, 0.4) is 0 Å². The molecule has 3 rings (SSSR count). The SMILES string of the molecule is CCCCOC(=O)c1ccc(Cn2c(CNc3ccccc3C(=O)O)cnc2CCCC)cc1. The predicted octanol–water partition coefficient (Wildman–Crippen LogP) is 5.54. The van der Waals surface area contributed by atoms with E-state index >= 15 is 0 Å². The number of carbonyl (C=O) groups excluding carboxylic acids is 1. The van der Waals surface area contributed by atoms with Gasteiger partial charge in [-0.05, 0) is 42.7 Å². The van der Waals surface area contributed by atoms with E-state index in [1.807, 2.05) is 24.4 Å². The van der Waals surface area contributed by atoms with Crippen molar-refractivity contribution in [2.45, 2.75) is 59.0 Å². The van der Waals surface area contributed by atoms with Crippen LogP contribution < -0.4 is 5.32 Å². The summed E-state index contributed by atoms with van der Waals surface area (Å²) in [5.41, 5.74) is 3.37. The first kappa shape index (κ1) is 25.0. The molecule has 7 nitrogen and oxygen atoms in total. The molecule has 0 saturated carbocycles.